The van der Waals surface area contributed by atoms with Gasteiger partial charge in [0.2, 0.25) is 0 Å². The van der Waals surface area contributed by atoms with E-state index in [4.69, 9.17) is 9.84 Å². The summed E-state index contributed by atoms with van der Waals surface area (Å²) in [7, 11) is 1.68. The first-order valence-corrected chi connectivity index (χ1v) is 7.26. The fraction of sp³-hybridized carbons (Fsp3) is 0.857. The smallest absolute Gasteiger partial charge is 0.314 e. The average Bonchev–Trinajstić information content (AvgIpc) is 3.19. The van der Waals surface area contributed by atoms with E-state index in [9.17, 15) is 9.59 Å². The summed E-state index contributed by atoms with van der Waals surface area (Å²) >= 11 is 0. The minimum atomic E-state index is -0.856. The molecule has 0 heterocycles. The van der Waals surface area contributed by atoms with Crippen LogP contribution in [-0.4, -0.2) is 43.9 Å². The number of methoxy groups -OCH3 is 1. The summed E-state index contributed by atoms with van der Waals surface area (Å²) in [5.74, 6) is -1.36. The van der Waals surface area contributed by atoms with Crippen LogP contribution in [0.5, 0.6) is 0 Å². The van der Waals surface area contributed by atoms with Gasteiger partial charge in [-0.2, -0.15) is 0 Å². The number of ether oxygens (including phenoxy) is 1. The summed E-state index contributed by atoms with van der Waals surface area (Å²) in [6.45, 7) is 3.46. The van der Waals surface area contributed by atoms with Crippen LogP contribution in [0.4, 0.5) is 4.79 Å². The highest BCUT2D eigenvalue weighted by molar-refractivity contribution is 5.75. The van der Waals surface area contributed by atoms with Crippen molar-refractivity contribution in [2.24, 2.45) is 11.3 Å². The van der Waals surface area contributed by atoms with Crippen LogP contribution in [0.1, 0.15) is 39.0 Å². The van der Waals surface area contributed by atoms with Crippen molar-refractivity contribution in [2.45, 2.75) is 39.0 Å². The van der Waals surface area contributed by atoms with Gasteiger partial charge in [0.25, 0.3) is 0 Å². The van der Waals surface area contributed by atoms with E-state index in [0.29, 0.717) is 19.6 Å². The predicted molar refractivity (Wildman–Crippen MR) is 75.6 cm³/mol. The van der Waals surface area contributed by atoms with E-state index in [1.807, 2.05) is 6.92 Å². The van der Waals surface area contributed by atoms with Gasteiger partial charge in [-0.1, -0.05) is 13.3 Å². The number of amides is 2. The second kappa shape index (κ2) is 8.09. The molecule has 2 amide bonds. The van der Waals surface area contributed by atoms with Crippen molar-refractivity contribution in [3.05, 3.63) is 0 Å². The molecule has 0 spiro atoms. The third-order valence-electron chi connectivity index (χ3n) is 3.91. The van der Waals surface area contributed by atoms with Crippen molar-refractivity contribution in [1.29, 1.82) is 0 Å². The summed E-state index contributed by atoms with van der Waals surface area (Å²) in [5.41, 5.74) is 0.197. The molecule has 1 saturated carbocycles. The first-order valence-electron chi connectivity index (χ1n) is 7.26. The van der Waals surface area contributed by atoms with Gasteiger partial charge in [-0.05, 0) is 31.1 Å². The minimum absolute atomic E-state index is 0.181. The van der Waals surface area contributed by atoms with Gasteiger partial charge in [0.1, 0.15) is 0 Å². The van der Waals surface area contributed by atoms with Gasteiger partial charge in [-0.25, -0.2) is 4.79 Å². The van der Waals surface area contributed by atoms with Gasteiger partial charge in [0.05, 0.1) is 5.92 Å². The molecular weight excluding hydrogens is 260 g/mol. The van der Waals surface area contributed by atoms with Crippen molar-refractivity contribution >= 4 is 12.0 Å². The van der Waals surface area contributed by atoms with Crippen LogP contribution in [0.25, 0.3) is 0 Å². The number of hydrogen-bond acceptors (Lipinski definition) is 3. The Kier molecular flexibility index (Phi) is 6.78. The molecule has 0 radical (unpaired) electrons. The van der Waals surface area contributed by atoms with Gasteiger partial charge in [-0.15, -0.1) is 0 Å². The quantitative estimate of drug-likeness (QED) is 0.569. The molecule has 20 heavy (non-hydrogen) atoms. The third-order valence-corrected chi connectivity index (χ3v) is 3.91. The van der Waals surface area contributed by atoms with Crippen LogP contribution in [0.15, 0.2) is 0 Å². The Labute approximate surface area is 120 Å². The Hall–Kier alpha value is -1.30. The maximum Gasteiger partial charge on any atom is 0.314 e. The Morgan fingerprint density at radius 2 is 2.05 bits per heavy atom. The summed E-state index contributed by atoms with van der Waals surface area (Å²) < 4.78 is 5.06. The molecule has 3 N–H and O–H groups in total. The van der Waals surface area contributed by atoms with Crippen molar-refractivity contribution in [3.8, 4) is 0 Å². The van der Waals surface area contributed by atoms with Gasteiger partial charge >= 0.3 is 12.0 Å². The lowest BCUT2D eigenvalue weighted by molar-refractivity contribution is -0.141. The Balaban J connectivity index is 2.21. The van der Waals surface area contributed by atoms with Crippen molar-refractivity contribution in [3.63, 3.8) is 0 Å². The number of aliphatic carboxylic acids is 1. The molecule has 1 aliphatic rings. The maximum atomic E-state index is 11.7. The summed E-state index contributed by atoms with van der Waals surface area (Å²) in [5, 5.41) is 14.5. The molecule has 0 bridgehead atoms. The molecule has 0 aliphatic heterocycles. The maximum absolute atomic E-state index is 11.7. The van der Waals surface area contributed by atoms with E-state index >= 15 is 0 Å². The highest BCUT2D eigenvalue weighted by atomic mass is 16.5. The highest BCUT2D eigenvalue weighted by Gasteiger charge is 2.42. The van der Waals surface area contributed by atoms with E-state index < -0.39 is 11.9 Å². The van der Waals surface area contributed by atoms with Gasteiger partial charge in [0.15, 0.2) is 0 Å². The third kappa shape index (κ3) is 5.77. The first kappa shape index (κ1) is 16.8. The number of urea groups is 1. The van der Waals surface area contributed by atoms with E-state index in [1.165, 1.54) is 0 Å². The van der Waals surface area contributed by atoms with Crippen LogP contribution < -0.4 is 10.6 Å². The number of carbonyl (C=O) groups is 2. The predicted octanol–water partition coefficient (Wildman–Crippen LogP) is 1.60. The molecule has 0 saturated heterocycles. The Morgan fingerprint density at radius 3 is 2.55 bits per heavy atom. The standard InChI is InChI=1S/C14H26N2O4/c1-3-4-11(12(17)18)9-15-13(19)16-10-14(5-6-14)7-8-20-2/h11H,3-10H2,1-2H3,(H,17,18)(H2,15,16,19). The largest absolute Gasteiger partial charge is 0.481 e. The monoisotopic (exact) mass is 286 g/mol. The molecule has 0 aromatic heterocycles. The number of carboxylic acid groups (broad SMARTS) is 1. The molecule has 1 atom stereocenters. The second-order valence-corrected chi connectivity index (χ2v) is 5.63. The number of carboxylic acids is 1. The zero-order valence-electron chi connectivity index (χ0n) is 12.4. The molecule has 0 aromatic rings. The van der Waals surface area contributed by atoms with Gasteiger partial charge in [-0.3, -0.25) is 4.79 Å². The molecule has 6 heteroatoms. The van der Waals surface area contributed by atoms with Crippen molar-refractivity contribution in [2.75, 3.05) is 26.8 Å². The molecular formula is C14H26N2O4. The van der Waals surface area contributed by atoms with Crippen molar-refractivity contribution in [1.82, 2.24) is 10.6 Å². The van der Waals surface area contributed by atoms with Crippen LogP contribution in [0.3, 0.4) is 0 Å². The lowest BCUT2D eigenvalue weighted by Crippen LogP contribution is -2.42. The zero-order valence-corrected chi connectivity index (χ0v) is 12.4. The van der Waals surface area contributed by atoms with E-state index in [0.717, 1.165) is 25.7 Å². The fourth-order valence-corrected chi connectivity index (χ4v) is 2.22. The second-order valence-electron chi connectivity index (χ2n) is 5.63. The van der Waals surface area contributed by atoms with Crippen molar-refractivity contribution < 1.29 is 19.4 Å². The van der Waals surface area contributed by atoms with Crippen LogP contribution in [0, 0.1) is 11.3 Å². The van der Waals surface area contributed by atoms with E-state index in [2.05, 4.69) is 10.6 Å². The topological polar surface area (TPSA) is 87.7 Å². The van der Waals surface area contributed by atoms with E-state index in [1.54, 1.807) is 7.11 Å². The van der Waals surface area contributed by atoms with Gasteiger partial charge < -0.3 is 20.5 Å². The Bertz CT molecular complexity index is 329. The lowest BCUT2D eigenvalue weighted by atomic mass is 10.0. The molecule has 0 aromatic carbocycles. The number of rotatable bonds is 10. The van der Waals surface area contributed by atoms with Gasteiger partial charge in [0, 0.05) is 26.8 Å². The molecule has 1 fully saturated rings. The highest BCUT2D eigenvalue weighted by Crippen LogP contribution is 2.48. The summed E-state index contributed by atoms with van der Waals surface area (Å²) in [4.78, 5) is 22.6. The molecule has 1 rings (SSSR count). The molecule has 6 nitrogen and oxygen atoms in total. The summed E-state index contributed by atoms with van der Waals surface area (Å²) in [6.07, 6.45) is 4.56. The summed E-state index contributed by atoms with van der Waals surface area (Å²) in [6, 6.07) is -0.281. The van der Waals surface area contributed by atoms with Crippen LogP contribution >= 0.6 is 0 Å². The SMILES string of the molecule is CCCC(CNC(=O)NCC1(CCOC)CC1)C(=O)O. The minimum Gasteiger partial charge on any atom is -0.481 e. The molecule has 116 valence electrons. The van der Waals surface area contributed by atoms with E-state index in [-0.39, 0.29) is 18.0 Å². The van der Waals surface area contributed by atoms with Crippen LogP contribution in [0.2, 0.25) is 0 Å². The first-order chi connectivity index (χ1) is 9.53. The number of hydrogen-bond donors (Lipinski definition) is 3. The molecule has 1 unspecified atom stereocenters. The average molecular weight is 286 g/mol. The number of nitrogens with one attached hydrogen (secondary N) is 2. The normalized spacial score (nSPS) is 17.3. The number of carbonyl (C=O) groups excluding carboxylic acids is 1. The fourth-order valence-electron chi connectivity index (χ4n) is 2.22. The molecule has 1 aliphatic carbocycles. The van der Waals surface area contributed by atoms with Crippen LogP contribution in [-0.2, 0) is 9.53 Å². The Morgan fingerprint density at radius 1 is 1.35 bits per heavy atom. The zero-order chi connectivity index (χ0) is 15.0. The lowest BCUT2D eigenvalue weighted by Gasteiger charge is -2.17.